The Balaban J connectivity index is 1.55. The van der Waals surface area contributed by atoms with Crippen molar-refractivity contribution in [3.63, 3.8) is 0 Å². The minimum Gasteiger partial charge on any atom is -0.491 e. The van der Waals surface area contributed by atoms with Crippen LogP contribution < -0.4 is 14.5 Å². The lowest BCUT2D eigenvalue weighted by Crippen LogP contribution is -2.33. The van der Waals surface area contributed by atoms with E-state index in [1.54, 1.807) is 18.0 Å². The molecule has 0 saturated carbocycles. The van der Waals surface area contributed by atoms with Crippen molar-refractivity contribution in [1.82, 2.24) is 0 Å². The van der Waals surface area contributed by atoms with E-state index < -0.39 is 11.9 Å². The highest BCUT2D eigenvalue weighted by molar-refractivity contribution is 6.06. The number of esters is 1. The Morgan fingerprint density at radius 3 is 2.16 bits per heavy atom. The van der Waals surface area contributed by atoms with Gasteiger partial charge < -0.3 is 19.3 Å². The molecule has 4 aromatic rings. The number of para-hydroxylation sites is 2. The predicted octanol–water partition coefficient (Wildman–Crippen LogP) is 6.19. The molecule has 1 amide bonds. The number of carbonyl (C=O) groups excluding carboxylic acids is 2. The van der Waals surface area contributed by atoms with Gasteiger partial charge in [0.2, 0.25) is 5.91 Å². The Labute approximate surface area is 223 Å². The molecule has 192 valence electrons. The number of ether oxygens (including phenoxy) is 2. The highest BCUT2D eigenvalue weighted by atomic mass is 16.5. The number of carbonyl (C=O) groups is 2. The molecular formula is C32H30N2O4. The summed E-state index contributed by atoms with van der Waals surface area (Å²) in [6.07, 6.45) is 0.832. The number of hydrogen-bond acceptors (Lipinski definition) is 5. The van der Waals surface area contributed by atoms with E-state index in [0.717, 1.165) is 41.2 Å². The molecule has 38 heavy (non-hydrogen) atoms. The van der Waals surface area contributed by atoms with Gasteiger partial charge in [0, 0.05) is 19.3 Å². The normalized spacial score (nSPS) is 12.8. The molecule has 5 rings (SSSR count). The minimum atomic E-state index is -0.526. The third-order valence-electron chi connectivity index (χ3n) is 6.84. The smallest absolute Gasteiger partial charge is 0.340 e. The fourth-order valence-electron chi connectivity index (χ4n) is 4.93. The fraction of sp³-hybridized carbons (Fsp3) is 0.188. The van der Waals surface area contributed by atoms with Gasteiger partial charge in [-0.15, -0.1) is 0 Å². The van der Waals surface area contributed by atoms with E-state index in [1.807, 2.05) is 97.1 Å². The van der Waals surface area contributed by atoms with E-state index in [1.165, 1.54) is 7.11 Å². The zero-order chi connectivity index (χ0) is 26.5. The fourth-order valence-corrected chi connectivity index (χ4v) is 4.93. The topological polar surface area (TPSA) is 59.1 Å². The molecule has 6 heteroatoms. The Kier molecular flexibility index (Phi) is 7.40. The van der Waals surface area contributed by atoms with Gasteiger partial charge in [0.1, 0.15) is 5.75 Å². The van der Waals surface area contributed by atoms with Crippen LogP contribution in [-0.2, 0) is 9.53 Å². The molecule has 1 aliphatic heterocycles. The van der Waals surface area contributed by atoms with Gasteiger partial charge in [-0.25, -0.2) is 4.79 Å². The molecule has 0 spiro atoms. The highest BCUT2D eigenvalue weighted by Gasteiger charge is 2.29. The molecule has 0 bridgehead atoms. The molecular weight excluding hydrogens is 476 g/mol. The number of benzene rings is 4. The first-order valence-electron chi connectivity index (χ1n) is 12.7. The SMILES string of the molecule is COC(=O)c1cc(N2CCCOc3ccccc32)ccc1N(C)C(=O)C(c1ccccc1)c1ccccc1. The van der Waals surface area contributed by atoms with Gasteiger partial charge in [-0.3, -0.25) is 4.79 Å². The zero-order valence-corrected chi connectivity index (χ0v) is 21.5. The van der Waals surface area contributed by atoms with Crippen molar-refractivity contribution < 1.29 is 19.1 Å². The van der Waals surface area contributed by atoms with Gasteiger partial charge in [-0.1, -0.05) is 72.8 Å². The summed E-state index contributed by atoms with van der Waals surface area (Å²) in [5.41, 5.74) is 4.34. The average Bonchev–Trinajstić information content (AvgIpc) is 3.20. The summed E-state index contributed by atoms with van der Waals surface area (Å²) in [6, 6.07) is 32.8. The van der Waals surface area contributed by atoms with Crippen LogP contribution in [0.5, 0.6) is 5.75 Å². The van der Waals surface area contributed by atoms with Crippen molar-refractivity contribution in [3.8, 4) is 5.75 Å². The number of fused-ring (bicyclic) bond motifs is 1. The molecule has 0 radical (unpaired) electrons. The van der Waals surface area contributed by atoms with Crippen LogP contribution in [0.15, 0.2) is 103 Å². The van der Waals surface area contributed by atoms with Crippen molar-refractivity contribution in [3.05, 3.63) is 120 Å². The quantitative estimate of drug-likeness (QED) is 0.292. The second-order valence-corrected chi connectivity index (χ2v) is 9.17. The average molecular weight is 507 g/mol. The Bertz CT molecular complexity index is 1380. The van der Waals surface area contributed by atoms with Gasteiger partial charge in [-0.2, -0.15) is 0 Å². The van der Waals surface area contributed by atoms with Crippen molar-refractivity contribution >= 4 is 28.9 Å². The van der Waals surface area contributed by atoms with Gasteiger partial charge >= 0.3 is 5.97 Å². The number of methoxy groups -OCH3 is 1. The lowest BCUT2D eigenvalue weighted by atomic mass is 9.90. The van der Waals surface area contributed by atoms with Crippen molar-refractivity contribution in [2.24, 2.45) is 0 Å². The lowest BCUT2D eigenvalue weighted by molar-refractivity contribution is -0.118. The van der Waals surface area contributed by atoms with Gasteiger partial charge in [0.05, 0.1) is 36.6 Å². The van der Waals surface area contributed by atoms with Crippen LogP contribution in [0, 0.1) is 0 Å². The summed E-state index contributed by atoms with van der Waals surface area (Å²) in [5, 5.41) is 0. The van der Waals surface area contributed by atoms with Gasteiger partial charge in [0.15, 0.2) is 0 Å². The first-order valence-corrected chi connectivity index (χ1v) is 12.7. The molecule has 1 aliphatic rings. The van der Waals surface area contributed by atoms with E-state index in [0.29, 0.717) is 17.9 Å². The number of hydrogen-bond donors (Lipinski definition) is 0. The van der Waals surface area contributed by atoms with E-state index in [9.17, 15) is 9.59 Å². The number of nitrogens with zero attached hydrogens (tertiary/aromatic N) is 2. The van der Waals surface area contributed by atoms with Crippen LogP contribution in [0.4, 0.5) is 17.1 Å². The lowest BCUT2D eigenvalue weighted by Gasteiger charge is -2.28. The van der Waals surface area contributed by atoms with Crippen LogP contribution in [0.1, 0.15) is 33.8 Å². The maximum absolute atomic E-state index is 14.1. The standard InChI is InChI=1S/C32H30N2O4/c1-33(31(35)30(23-12-5-3-6-13-23)24-14-7-4-8-15-24)27-19-18-25(22-26(27)32(36)37-2)34-20-11-21-38-29-17-10-9-16-28(29)34/h3-10,12-19,22,30H,11,20-21H2,1-2H3. The second kappa shape index (κ2) is 11.2. The number of anilines is 3. The molecule has 6 nitrogen and oxygen atoms in total. The monoisotopic (exact) mass is 506 g/mol. The van der Waals surface area contributed by atoms with Crippen molar-refractivity contribution in [2.45, 2.75) is 12.3 Å². The largest absolute Gasteiger partial charge is 0.491 e. The zero-order valence-electron chi connectivity index (χ0n) is 21.5. The number of amides is 1. The second-order valence-electron chi connectivity index (χ2n) is 9.17. The number of rotatable bonds is 6. The van der Waals surface area contributed by atoms with Crippen LogP contribution >= 0.6 is 0 Å². The Morgan fingerprint density at radius 2 is 1.50 bits per heavy atom. The molecule has 0 N–H and O–H groups in total. The maximum atomic E-state index is 14.1. The van der Waals surface area contributed by atoms with Crippen molar-refractivity contribution in [1.29, 1.82) is 0 Å². The predicted molar refractivity (Wildman–Crippen MR) is 149 cm³/mol. The number of likely N-dealkylation sites (N-methyl/N-ethyl adjacent to an activating group) is 1. The first-order chi connectivity index (χ1) is 18.6. The Hall–Kier alpha value is -4.58. The summed E-state index contributed by atoms with van der Waals surface area (Å²) in [4.78, 5) is 30.8. The molecule has 0 fully saturated rings. The van der Waals surface area contributed by atoms with Crippen LogP contribution in [0.25, 0.3) is 0 Å². The third-order valence-corrected chi connectivity index (χ3v) is 6.84. The van der Waals surface area contributed by atoms with Crippen LogP contribution in [0.3, 0.4) is 0 Å². The van der Waals surface area contributed by atoms with E-state index in [2.05, 4.69) is 4.90 Å². The van der Waals surface area contributed by atoms with Crippen LogP contribution in [-0.4, -0.2) is 39.2 Å². The van der Waals surface area contributed by atoms with Gasteiger partial charge in [0.25, 0.3) is 0 Å². The first kappa shape index (κ1) is 25.1. The summed E-state index contributed by atoms with van der Waals surface area (Å²) in [6.45, 7) is 1.35. The summed E-state index contributed by atoms with van der Waals surface area (Å²) in [5.74, 6) is -0.373. The summed E-state index contributed by atoms with van der Waals surface area (Å²) in [7, 11) is 3.06. The highest BCUT2D eigenvalue weighted by Crippen LogP contribution is 2.38. The summed E-state index contributed by atoms with van der Waals surface area (Å²) >= 11 is 0. The summed E-state index contributed by atoms with van der Waals surface area (Å²) < 4.78 is 11.1. The molecule has 0 aliphatic carbocycles. The molecule has 0 aromatic heterocycles. The minimum absolute atomic E-state index is 0.145. The van der Waals surface area contributed by atoms with Crippen molar-refractivity contribution in [2.75, 3.05) is 37.1 Å². The molecule has 0 unspecified atom stereocenters. The third kappa shape index (κ3) is 4.98. The maximum Gasteiger partial charge on any atom is 0.340 e. The molecule has 4 aromatic carbocycles. The van der Waals surface area contributed by atoms with E-state index in [-0.39, 0.29) is 5.91 Å². The molecule has 1 heterocycles. The van der Waals surface area contributed by atoms with Gasteiger partial charge in [-0.05, 0) is 47.9 Å². The molecule has 0 atom stereocenters. The van der Waals surface area contributed by atoms with E-state index >= 15 is 0 Å². The Morgan fingerprint density at radius 1 is 0.868 bits per heavy atom. The van der Waals surface area contributed by atoms with Crippen LogP contribution in [0.2, 0.25) is 0 Å². The molecule has 0 saturated heterocycles. The van der Waals surface area contributed by atoms with E-state index in [4.69, 9.17) is 9.47 Å².